The Labute approximate surface area is 289 Å². The van der Waals surface area contributed by atoms with Gasteiger partial charge in [0.05, 0.1) is 13.3 Å². The van der Waals surface area contributed by atoms with E-state index in [0.29, 0.717) is 52.2 Å². The number of rotatable bonds is 11. The lowest BCUT2D eigenvalue weighted by atomic mass is 9.99. The minimum absolute atomic E-state index is 0.188. The van der Waals surface area contributed by atoms with Crippen molar-refractivity contribution in [3.8, 4) is 11.4 Å². The predicted octanol–water partition coefficient (Wildman–Crippen LogP) is 4.90. The van der Waals surface area contributed by atoms with E-state index in [1.54, 1.807) is 36.7 Å². The maximum atomic E-state index is 13.7. The van der Waals surface area contributed by atoms with Crippen LogP contribution >= 0.6 is 22.6 Å². The first-order valence-electron chi connectivity index (χ1n) is 15.5. The molecule has 1 aliphatic heterocycles. The molecule has 2 aromatic carbocycles. The van der Waals surface area contributed by atoms with E-state index in [-0.39, 0.29) is 13.0 Å². The zero-order valence-corrected chi connectivity index (χ0v) is 28.2. The number of halogens is 3. The lowest BCUT2D eigenvalue weighted by Crippen LogP contribution is -2.43. The van der Waals surface area contributed by atoms with Gasteiger partial charge in [-0.2, -0.15) is 4.98 Å². The Hall–Kier alpha value is -4.57. The average Bonchev–Trinajstić information content (AvgIpc) is 3.45. The Morgan fingerprint density at radius 1 is 1.10 bits per heavy atom. The van der Waals surface area contributed by atoms with Gasteiger partial charge in [-0.3, -0.25) is 9.78 Å². The second kappa shape index (κ2) is 15.1. The molecule has 5 aromatic rings. The number of imidazole rings is 1. The van der Waals surface area contributed by atoms with Crippen LogP contribution in [0.25, 0.3) is 22.6 Å². The molecule has 1 amide bonds. The van der Waals surface area contributed by atoms with Gasteiger partial charge >= 0.3 is 5.97 Å². The van der Waals surface area contributed by atoms with Crippen LogP contribution in [-0.4, -0.2) is 62.6 Å². The molecular weight excluding hydrogens is 733 g/mol. The second-order valence-electron chi connectivity index (χ2n) is 11.5. The third kappa shape index (κ3) is 7.76. The molecule has 1 fully saturated rings. The Kier molecular flexibility index (Phi) is 10.5. The molecule has 0 saturated carbocycles. The quantitative estimate of drug-likeness (QED) is 0.127. The van der Waals surface area contributed by atoms with E-state index in [0.717, 1.165) is 47.2 Å². The van der Waals surface area contributed by atoms with Gasteiger partial charge in [0.15, 0.2) is 17.3 Å². The van der Waals surface area contributed by atoms with Crippen LogP contribution in [-0.2, 0) is 29.0 Å². The van der Waals surface area contributed by atoms with Gasteiger partial charge in [0.2, 0.25) is 5.95 Å². The van der Waals surface area contributed by atoms with Crippen LogP contribution in [0.5, 0.6) is 0 Å². The fourth-order valence-electron chi connectivity index (χ4n) is 5.69. The molecule has 2 atom stereocenters. The minimum Gasteiger partial charge on any atom is -0.467 e. The van der Waals surface area contributed by atoms with Gasteiger partial charge in [0, 0.05) is 46.1 Å². The number of aromatic nitrogens is 5. The molecule has 0 unspecified atom stereocenters. The molecule has 3 N–H and O–H groups in total. The molecule has 14 heteroatoms. The Balaban J connectivity index is 1.28. The van der Waals surface area contributed by atoms with Gasteiger partial charge in [-0.1, -0.05) is 12.1 Å². The number of hydrogen-bond donors (Lipinski definition) is 3. The SMILES string of the molecule is COC(=O)[C@@H](Cc1ccccn1)NC(=O)c1ccc(-c2nc3cnc(NCc4ccc(F)c(F)c4)nc3n2C[C@@H]2CCCNC2)c(I)c1. The van der Waals surface area contributed by atoms with Crippen molar-refractivity contribution in [2.45, 2.75) is 38.4 Å². The van der Waals surface area contributed by atoms with Crippen molar-refractivity contribution < 1.29 is 23.1 Å². The summed E-state index contributed by atoms with van der Waals surface area (Å²) in [6, 6.07) is 13.5. The maximum absolute atomic E-state index is 13.7. The molecule has 0 aliphatic carbocycles. The monoisotopic (exact) mass is 766 g/mol. The van der Waals surface area contributed by atoms with Crippen molar-refractivity contribution in [3.05, 3.63) is 99.0 Å². The highest BCUT2D eigenvalue weighted by molar-refractivity contribution is 14.1. The zero-order valence-electron chi connectivity index (χ0n) is 26.1. The minimum atomic E-state index is -0.916. The third-order valence-electron chi connectivity index (χ3n) is 8.16. The number of piperidine rings is 1. The Morgan fingerprint density at radius 2 is 1.98 bits per heavy atom. The number of hydrogen-bond acceptors (Lipinski definition) is 9. The number of methoxy groups -OCH3 is 1. The number of esters is 1. The highest BCUT2D eigenvalue weighted by atomic mass is 127. The normalized spacial score (nSPS) is 15.2. The summed E-state index contributed by atoms with van der Waals surface area (Å²) in [5.41, 5.74) is 3.61. The van der Waals surface area contributed by atoms with Crippen LogP contribution < -0.4 is 16.0 Å². The van der Waals surface area contributed by atoms with Crippen LogP contribution in [0.2, 0.25) is 0 Å². The number of carbonyl (C=O) groups is 2. The second-order valence-corrected chi connectivity index (χ2v) is 12.7. The molecule has 0 bridgehead atoms. The van der Waals surface area contributed by atoms with Crippen molar-refractivity contribution >= 4 is 51.6 Å². The largest absolute Gasteiger partial charge is 0.467 e. The Morgan fingerprint density at radius 3 is 2.71 bits per heavy atom. The molecule has 1 aliphatic rings. The van der Waals surface area contributed by atoms with E-state index in [9.17, 15) is 18.4 Å². The summed E-state index contributed by atoms with van der Waals surface area (Å²) < 4.78 is 34.9. The number of carbonyl (C=O) groups excluding carboxylic acids is 2. The fraction of sp³-hybridized carbons (Fsp3) is 0.294. The van der Waals surface area contributed by atoms with Gasteiger partial charge in [-0.05, 0) is 102 Å². The van der Waals surface area contributed by atoms with Crippen LogP contribution in [0.3, 0.4) is 0 Å². The topological polar surface area (TPSA) is 136 Å². The molecule has 6 rings (SSSR count). The summed E-state index contributed by atoms with van der Waals surface area (Å²) in [6.45, 7) is 2.71. The van der Waals surface area contributed by atoms with Crippen LogP contribution in [0.1, 0.15) is 34.5 Å². The summed E-state index contributed by atoms with van der Waals surface area (Å²) in [4.78, 5) is 44.2. The van der Waals surface area contributed by atoms with Crippen LogP contribution in [0.15, 0.2) is 67.0 Å². The van der Waals surface area contributed by atoms with Crippen LogP contribution in [0.4, 0.5) is 14.7 Å². The maximum Gasteiger partial charge on any atom is 0.328 e. The van der Waals surface area contributed by atoms with Crippen molar-refractivity contribution in [1.82, 2.24) is 35.1 Å². The molecule has 248 valence electrons. The molecule has 0 spiro atoms. The predicted molar refractivity (Wildman–Crippen MR) is 184 cm³/mol. The van der Waals surface area contributed by atoms with E-state index in [1.807, 2.05) is 12.1 Å². The molecule has 3 aromatic heterocycles. The molecule has 11 nitrogen and oxygen atoms in total. The summed E-state index contributed by atoms with van der Waals surface area (Å²) in [5, 5.41) is 9.37. The van der Waals surface area contributed by atoms with Gasteiger partial charge in [0.25, 0.3) is 5.91 Å². The fourth-order valence-corrected chi connectivity index (χ4v) is 6.45. The average molecular weight is 767 g/mol. The number of nitrogens with one attached hydrogen (secondary N) is 3. The third-order valence-corrected chi connectivity index (χ3v) is 9.06. The van der Waals surface area contributed by atoms with Gasteiger partial charge in [0.1, 0.15) is 17.4 Å². The number of pyridine rings is 1. The molecule has 4 heterocycles. The number of anilines is 1. The number of benzene rings is 2. The van der Waals surface area contributed by atoms with E-state index in [4.69, 9.17) is 14.7 Å². The van der Waals surface area contributed by atoms with E-state index >= 15 is 0 Å². The highest BCUT2D eigenvalue weighted by Gasteiger charge is 2.25. The van der Waals surface area contributed by atoms with E-state index < -0.39 is 29.6 Å². The van der Waals surface area contributed by atoms with Gasteiger partial charge < -0.3 is 25.3 Å². The standard InChI is InChI=1S/C34H33F2IN8O3/c1-48-33(47)28(15-23-6-2-3-12-39-23)43-32(46)22-8-9-24(27(37)14-22)30-42-29-18-41-34(40-17-20-7-10-25(35)26(36)13-20)44-31(29)45(30)19-21-5-4-11-38-16-21/h2-3,6-10,12-14,18,21,28,38H,4-5,11,15-17,19H2,1H3,(H,43,46)(H,40,41,44)/t21-,28-/m1/s1. The van der Waals surface area contributed by atoms with Gasteiger partial charge in [-0.15, -0.1) is 0 Å². The molecule has 0 radical (unpaired) electrons. The zero-order chi connectivity index (χ0) is 33.6. The summed E-state index contributed by atoms with van der Waals surface area (Å²) >= 11 is 2.19. The number of amides is 1. The summed E-state index contributed by atoms with van der Waals surface area (Å²) in [7, 11) is 1.28. The summed E-state index contributed by atoms with van der Waals surface area (Å²) in [5.74, 6) is -1.45. The first-order valence-corrected chi connectivity index (χ1v) is 16.6. The molecule has 48 heavy (non-hydrogen) atoms. The number of nitrogens with zero attached hydrogens (tertiary/aromatic N) is 5. The first kappa shape index (κ1) is 33.3. The van der Waals surface area contributed by atoms with E-state index in [1.165, 1.54) is 13.2 Å². The number of ether oxygens (including phenoxy) is 1. The molecule has 1 saturated heterocycles. The summed E-state index contributed by atoms with van der Waals surface area (Å²) in [6.07, 6.45) is 5.57. The van der Waals surface area contributed by atoms with Crippen molar-refractivity contribution in [2.75, 3.05) is 25.5 Å². The van der Waals surface area contributed by atoms with E-state index in [2.05, 4.69) is 53.1 Å². The van der Waals surface area contributed by atoms with Crippen LogP contribution in [0, 0.1) is 21.1 Å². The van der Waals surface area contributed by atoms with Crippen molar-refractivity contribution in [3.63, 3.8) is 0 Å². The van der Waals surface area contributed by atoms with Gasteiger partial charge in [-0.25, -0.2) is 23.5 Å². The lowest BCUT2D eigenvalue weighted by Gasteiger charge is -2.24. The first-order chi connectivity index (χ1) is 23.3. The lowest BCUT2D eigenvalue weighted by molar-refractivity contribution is -0.142. The number of fused-ring (bicyclic) bond motifs is 1. The van der Waals surface area contributed by atoms with Crippen molar-refractivity contribution in [2.24, 2.45) is 5.92 Å². The Bertz CT molecular complexity index is 1940. The van der Waals surface area contributed by atoms with Crippen molar-refractivity contribution in [1.29, 1.82) is 0 Å². The highest BCUT2D eigenvalue weighted by Crippen LogP contribution is 2.30. The molecular formula is C34H33F2IN8O3. The smallest absolute Gasteiger partial charge is 0.328 e.